The van der Waals surface area contributed by atoms with Crippen molar-refractivity contribution < 1.29 is 9.53 Å². The van der Waals surface area contributed by atoms with Gasteiger partial charge in [0, 0.05) is 12.3 Å². The highest BCUT2D eigenvalue weighted by molar-refractivity contribution is 5.66. The number of hydrogen-bond donors (Lipinski definition) is 0. The number of ether oxygens (including phenoxy) is 1. The minimum absolute atomic E-state index is 0.0998. The van der Waals surface area contributed by atoms with Gasteiger partial charge in [0.2, 0.25) is 0 Å². The van der Waals surface area contributed by atoms with Crippen molar-refractivity contribution in [1.82, 2.24) is 0 Å². The van der Waals surface area contributed by atoms with Crippen molar-refractivity contribution in [2.45, 2.75) is 85.7 Å². The third-order valence-corrected chi connectivity index (χ3v) is 10.2. The third kappa shape index (κ3) is 1.62. The van der Waals surface area contributed by atoms with E-state index < -0.39 is 0 Å². The molecule has 24 heavy (non-hydrogen) atoms. The smallest absolute Gasteiger partial charge is 0.302 e. The van der Waals surface area contributed by atoms with Gasteiger partial charge in [0.05, 0.1) is 0 Å². The Balaban J connectivity index is 1.48. The zero-order chi connectivity index (χ0) is 17.1. The lowest BCUT2D eigenvalue weighted by molar-refractivity contribution is -0.203. The molecule has 134 valence electrons. The van der Waals surface area contributed by atoms with Crippen molar-refractivity contribution >= 4 is 5.97 Å². The van der Waals surface area contributed by atoms with Crippen LogP contribution >= 0.6 is 0 Å². The third-order valence-electron chi connectivity index (χ3n) is 10.2. The maximum atomic E-state index is 11.6. The van der Waals surface area contributed by atoms with Crippen molar-refractivity contribution in [2.24, 2.45) is 45.3 Å². The van der Waals surface area contributed by atoms with Gasteiger partial charge in [-0.1, -0.05) is 27.7 Å². The lowest BCUT2D eigenvalue weighted by Crippen LogP contribution is -2.60. The van der Waals surface area contributed by atoms with Crippen molar-refractivity contribution in [3.8, 4) is 0 Å². The molecule has 0 radical (unpaired) electrons. The lowest BCUT2D eigenvalue weighted by atomic mass is 9.39. The standard InChI is InChI=1S/C22H34O2/c1-13(23)24-18-7-8-20(4)16(19(18,2)3)6-9-22-11-15-14(10-17(20)22)21(15,5)12-22/h14-18H,6-12H2,1-5H3/t14-,15-,16-,17+,18-,20-,21+,22+/m1/s1. The molecule has 6 aliphatic rings. The van der Waals surface area contributed by atoms with E-state index in [2.05, 4.69) is 27.7 Å². The second-order valence-corrected chi connectivity index (χ2v) is 11.3. The van der Waals surface area contributed by atoms with Crippen LogP contribution in [-0.4, -0.2) is 12.1 Å². The van der Waals surface area contributed by atoms with Crippen molar-refractivity contribution in [1.29, 1.82) is 0 Å². The monoisotopic (exact) mass is 330 g/mol. The molecule has 0 heterocycles. The molecule has 0 aromatic rings. The molecule has 0 aromatic carbocycles. The summed E-state index contributed by atoms with van der Waals surface area (Å²) in [6.45, 7) is 11.5. The van der Waals surface area contributed by atoms with Crippen molar-refractivity contribution in [2.75, 3.05) is 0 Å². The van der Waals surface area contributed by atoms with E-state index in [1.165, 1.54) is 38.5 Å². The van der Waals surface area contributed by atoms with Gasteiger partial charge in [-0.3, -0.25) is 4.79 Å². The quantitative estimate of drug-likeness (QED) is 0.617. The Morgan fingerprint density at radius 2 is 1.71 bits per heavy atom. The Kier molecular flexibility index (Phi) is 2.77. The van der Waals surface area contributed by atoms with Crippen LogP contribution in [-0.2, 0) is 9.53 Å². The van der Waals surface area contributed by atoms with E-state index >= 15 is 0 Å². The molecule has 6 rings (SSSR count). The van der Waals surface area contributed by atoms with E-state index in [9.17, 15) is 4.79 Å². The van der Waals surface area contributed by atoms with Gasteiger partial charge in [-0.2, -0.15) is 0 Å². The van der Waals surface area contributed by atoms with Gasteiger partial charge in [-0.25, -0.2) is 0 Å². The van der Waals surface area contributed by atoms with Gasteiger partial charge >= 0.3 is 5.97 Å². The maximum Gasteiger partial charge on any atom is 0.302 e. The molecule has 8 atom stereocenters. The van der Waals surface area contributed by atoms with Crippen LogP contribution in [0.1, 0.15) is 79.6 Å². The number of carbonyl (C=O) groups excluding carboxylic acids is 1. The van der Waals surface area contributed by atoms with E-state index in [0.717, 1.165) is 29.6 Å². The largest absolute Gasteiger partial charge is 0.462 e. The van der Waals surface area contributed by atoms with Crippen LogP contribution in [0.15, 0.2) is 0 Å². The van der Waals surface area contributed by atoms with E-state index in [-0.39, 0.29) is 17.5 Å². The minimum Gasteiger partial charge on any atom is -0.462 e. The molecule has 0 saturated heterocycles. The molecule has 2 nitrogen and oxygen atoms in total. The van der Waals surface area contributed by atoms with E-state index in [4.69, 9.17) is 4.74 Å². The zero-order valence-electron chi connectivity index (χ0n) is 16.2. The Morgan fingerprint density at radius 3 is 2.33 bits per heavy atom. The van der Waals surface area contributed by atoms with Crippen LogP contribution in [0.25, 0.3) is 0 Å². The fourth-order valence-electron chi connectivity index (χ4n) is 9.23. The molecule has 6 aliphatic carbocycles. The van der Waals surface area contributed by atoms with Crippen LogP contribution in [0.2, 0.25) is 0 Å². The van der Waals surface area contributed by atoms with Gasteiger partial charge in [0.1, 0.15) is 6.10 Å². The first-order valence-electron chi connectivity index (χ1n) is 10.3. The number of hydrogen-bond acceptors (Lipinski definition) is 2. The van der Waals surface area contributed by atoms with Gasteiger partial charge in [0.15, 0.2) is 0 Å². The number of rotatable bonds is 1. The normalized spacial score (nSPS) is 59.3. The fraction of sp³-hybridized carbons (Fsp3) is 0.955. The van der Waals surface area contributed by atoms with Crippen LogP contribution < -0.4 is 0 Å². The summed E-state index contributed by atoms with van der Waals surface area (Å²) in [5.74, 6) is 3.64. The van der Waals surface area contributed by atoms with Crippen LogP contribution in [0.3, 0.4) is 0 Å². The highest BCUT2D eigenvalue weighted by atomic mass is 16.5. The summed E-state index contributed by atoms with van der Waals surface area (Å²) in [7, 11) is 0. The van der Waals surface area contributed by atoms with Crippen LogP contribution in [0, 0.1) is 45.3 Å². The van der Waals surface area contributed by atoms with Gasteiger partial charge in [0.25, 0.3) is 0 Å². The van der Waals surface area contributed by atoms with E-state index in [1.807, 2.05) is 0 Å². The molecule has 0 unspecified atom stereocenters. The predicted molar refractivity (Wildman–Crippen MR) is 94.3 cm³/mol. The Bertz CT molecular complexity index is 609. The molecule has 6 saturated carbocycles. The SMILES string of the molecule is CC(=O)O[C@@H]1CC[C@]2(C)[C@H](CC[C@@]34C[C@@H]5[C@@H](C[C@H]32)[C@]5(C)C4)C1(C)C. The second-order valence-electron chi connectivity index (χ2n) is 11.3. The first-order chi connectivity index (χ1) is 11.1. The molecule has 0 aromatic heterocycles. The molecule has 0 aliphatic heterocycles. The molecule has 4 bridgehead atoms. The summed E-state index contributed by atoms with van der Waals surface area (Å²) >= 11 is 0. The molecular formula is C22H34O2. The topological polar surface area (TPSA) is 26.3 Å². The van der Waals surface area contributed by atoms with E-state index in [0.29, 0.717) is 16.7 Å². The highest BCUT2D eigenvalue weighted by Gasteiger charge is 2.78. The lowest BCUT2D eigenvalue weighted by Gasteiger charge is -2.66. The van der Waals surface area contributed by atoms with Gasteiger partial charge in [-0.15, -0.1) is 0 Å². The van der Waals surface area contributed by atoms with Gasteiger partial charge < -0.3 is 4.74 Å². The highest BCUT2D eigenvalue weighted by Crippen LogP contribution is 2.85. The number of esters is 1. The van der Waals surface area contributed by atoms with Crippen LogP contribution in [0.4, 0.5) is 0 Å². The summed E-state index contributed by atoms with van der Waals surface area (Å²) in [5, 5.41) is 0. The zero-order valence-corrected chi connectivity index (χ0v) is 16.2. The first-order valence-corrected chi connectivity index (χ1v) is 10.3. The maximum absolute atomic E-state index is 11.6. The fourth-order valence-corrected chi connectivity index (χ4v) is 9.23. The second kappa shape index (κ2) is 4.23. The summed E-state index contributed by atoms with van der Waals surface area (Å²) in [6, 6.07) is 0. The Labute approximate surface area is 147 Å². The summed E-state index contributed by atoms with van der Waals surface area (Å²) in [4.78, 5) is 11.6. The number of fused-ring (bicyclic) bond motifs is 1. The first kappa shape index (κ1) is 15.7. The summed E-state index contributed by atoms with van der Waals surface area (Å²) in [5.41, 5.74) is 1.98. The molecule has 0 N–H and O–H groups in total. The Hall–Kier alpha value is -0.530. The van der Waals surface area contributed by atoms with E-state index in [1.54, 1.807) is 6.92 Å². The summed E-state index contributed by atoms with van der Waals surface area (Å²) < 4.78 is 5.78. The minimum atomic E-state index is -0.0998. The summed E-state index contributed by atoms with van der Waals surface area (Å²) in [6.07, 6.45) is 9.80. The average molecular weight is 331 g/mol. The number of carbonyl (C=O) groups is 1. The molecule has 6 fully saturated rings. The molecule has 0 amide bonds. The van der Waals surface area contributed by atoms with Crippen molar-refractivity contribution in [3.05, 3.63) is 0 Å². The van der Waals surface area contributed by atoms with Crippen LogP contribution in [0.5, 0.6) is 0 Å². The molecule has 2 heteroatoms. The average Bonchev–Trinajstić information content (AvgIpc) is 2.93. The predicted octanol–water partition coefficient (Wildman–Crippen LogP) is 5.21. The Morgan fingerprint density at radius 1 is 0.958 bits per heavy atom. The van der Waals surface area contributed by atoms with Crippen molar-refractivity contribution in [3.63, 3.8) is 0 Å². The van der Waals surface area contributed by atoms with Gasteiger partial charge in [-0.05, 0) is 84.9 Å². The molecular weight excluding hydrogens is 296 g/mol. The molecule has 1 spiro atoms.